The summed E-state index contributed by atoms with van der Waals surface area (Å²) in [5, 5.41) is 0. The number of methoxy groups -OCH3 is 1. The molecule has 1 aliphatic heterocycles. The van der Waals surface area contributed by atoms with Crippen LogP contribution in [0.4, 0.5) is 4.39 Å². The summed E-state index contributed by atoms with van der Waals surface area (Å²) in [4.78, 5) is 8.10. The largest absolute Gasteiger partial charge is 0.380 e. The van der Waals surface area contributed by atoms with Crippen LogP contribution in [-0.4, -0.2) is 36.2 Å². The Kier molecular flexibility index (Phi) is 5.41. The van der Waals surface area contributed by atoms with E-state index in [0.29, 0.717) is 5.92 Å². The van der Waals surface area contributed by atoms with Gasteiger partial charge in [0.15, 0.2) is 0 Å². The van der Waals surface area contributed by atoms with E-state index in [-0.39, 0.29) is 11.9 Å². The van der Waals surface area contributed by atoms with Crippen LogP contribution in [0.5, 0.6) is 0 Å². The molecule has 1 aliphatic rings. The molecule has 0 unspecified atom stereocenters. The lowest BCUT2D eigenvalue weighted by atomic mass is 9.87. The molecule has 0 amide bonds. The Morgan fingerprint density at radius 2 is 2.30 bits per heavy atom. The first-order valence-corrected chi connectivity index (χ1v) is 8.92. The number of piperidine rings is 1. The van der Waals surface area contributed by atoms with Gasteiger partial charge in [0.25, 0.3) is 0 Å². The van der Waals surface area contributed by atoms with Crippen molar-refractivity contribution in [1.82, 2.24) is 9.88 Å². The van der Waals surface area contributed by atoms with Crippen LogP contribution < -0.4 is 0 Å². The van der Waals surface area contributed by atoms with Crippen molar-refractivity contribution in [2.24, 2.45) is 5.92 Å². The van der Waals surface area contributed by atoms with Crippen molar-refractivity contribution in [3.63, 3.8) is 0 Å². The summed E-state index contributed by atoms with van der Waals surface area (Å²) in [6.45, 7) is 4.99. The summed E-state index contributed by atoms with van der Waals surface area (Å²) in [6.07, 6.45) is 2.15. The van der Waals surface area contributed by atoms with Crippen LogP contribution in [-0.2, 0) is 17.7 Å². The first kappa shape index (κ1) is 16.6. The highest BCUT2D eigenvalue weighted by Crippen LogP contribution is 2.26. The molecule has 5 heteroatoms. The van der Waals surface area contributed by atoms with E-state index in [0.717, 1.165) is 43.7 Å². The fraction of sp³-hybridized carbons (Fsp3) is 0.500. The van der Waals surface area contributed by atoms with Crippen molar-refractivity contribution in [3.05, 3.63) is 51.7 Å². The van der Waals surface area contributed by atoms with Gasteiger partial charge in [0.1, 0.15) is 5.82 Å². The van der Waals surface area contributed by atoms with Gasteiger partial charge >= 0.3 is 0 Å². The molecule has 1 fully saturated rings. The van der Waals surface area contributed by atoms with Gasteiger partial charge < -0.3 is 4.74 Å². The van der Waals surface area contributed by atoms with Gasteiger partial charge in [-0.1, -0.05) is 12.1 Å². The van der Waals surface area contributed by atoms with Crippen LogP contribution in [0.3, 0.4) is 0 Å². The molecule has 1 aromatic heterocycles. The smallest absolute Gasteiger partial charge is 0.123 e. The molecule has 3 rings (SSSR count). The molecule has 2 heterocycles. The summed E-state index contributed by atoms with van der Waals surface area (Å²) >= 11 is 1.72. The Bertz CT molecular complexity index is 645. The fourth-order valence-corrected chi connectivity index (χ4v) is 4.14. The van der Waals surface area contributed by atoms with E-state index >= 15 is 0 Å². The highest BCUT2D eigenvalue weighted by Gasteiger charge is 2.29. The number of aryl methyl sites for hydroxylation is 1. The van der Waals surface area contributed by atoms with Gasteiger partial charge in [-0.3, -0.25) is 4.90 Å². The fourth-order valence-electron chi connectivity index (χ4n) is 3.32. The van der Waals surface area contributed by atoms with Crippen molar-refractivity contribution < 1.29 is 9.13 Å². The Morgan fingerprint density at radius 1 is 1.43 bits per heavy atom. The third-order valence-corrected chi connectivity index (χ3v) is 5.60. The Labute approximate surface area is 141 Å². The van der Waals surface area contributed by atoms with E-state index in [4.69, 9.17) is 4.74 Å². The summed E-state index contributed by atoms with van der Waals surface area (Å²) < 4.78 is 19.1. The second-order valence-corrected chi connectivity index (χ2v) is 7.19. The molecule has 0 bridgehead atoms. The van der Waals surface area contributed by atoms with Gasteiger partial charge in [-0.15, -0.1) is 11.3 Å². The number of likely N-dealkylation sites (tertiary alicyclic amines) is 1. The van der Waals surface area contributed by atoms with Crippen LogP contribution in [0.2, 0.25) is 0 Å². The van der Waals surface area contributed by atoms with Crippen molar-refractivity contribution >= 4 is 11.3 Å². The van der Waals surface area contributed by atoms with E-state index in [1.54, 1.807) is 30.6 Å². The van der Waals surface area contributed by atoms with Crippen LogP contribution >= 0.6 is 11.3 Å². The maximum atomic E-state index is 13.4. The van der Waals surface area contributed by atoms with Crippen molar-refractivity contribution in [2.45, 2.75) is 32.4 Å². The minimum absolute atomic E-state index is 0.158. The number of hydrogen-bond donors (Lipinski definition) is 0. The second kappa shape index (κ2) is 7.51. The number of ether oxygens (including phenoxy) is 1. The van der Waals surface area contributed by atoms with Gasteiger partial charge in [-0.2, -0.15) is 0 Å². The molecule has 3 nitrogen and oxygen atoms in total. The van der Waals surface area contributed by atoms with E-state index < -0.39 is 0 Å². The van der Waals surface area contributed by atoms with Crippen molar-refractivity contribution in [2.75, 3.05) is 20.2 Å². The normalized spacial score (nSPS) is 22.4. The zero-order valence-electron chi connectivity index (χ0n) is 13.7. The van der Waals surface area contributed by atoms with Crippen LogP contribution in [0.1, 0.15) is 22.6 Å². The standard InChI is InChI=1S/C18H23FN2OS/c1-13-18(23-12-20-13)11-21-7-6-15(17(10-21)22-2)8-14-4-3-5-16(19)9-14/h3-5,9,12,15,17H,6-8,10-11H2,1-2H3/t15-,17+/m1/s1. The second-order valence-electron chi connectivity index (χ2n) is 6.25. The summed E-state index contributed by atoms with van der Waals surface area (Å²) in [5.74, 6) is 0.287. The minimum Gasteiger partial charge on any atom is -0.380 e. The quantitative estimate of drug-likeness (QED) is 0.834. The number of halogens is 1. The van der Waals surface area contributed by atoms with E-state index in [2.05, 4.69) is 16.8 Å². The maximum Gasteiger partial charge on any atom is 0.123 e. The monoisotopic (exact) mass is 334 g/mol. The molecule has 2 atom stereocenters. The molecule has 2 aromatic rings. The van der Waals surface area contributed by atoms with Gasteiger partial charge in [-0.25, -0.2) is 9.37 Å². The van der Waals surface area contributed by atoms with Gasteiger partial charge in [0.2, 0.25) is 0 Å². The number of nitrogens with zero attached hydrogens (tertiary/aromatic N) is 2. The number of thiazole rings is 1. The van der Waals surface area contributed by atoms with Gasteiger partial charge in [0, 0.05) is 25.1 Å². The van der Waals surface area contributed by atoms with Crippen molar-refractivity contribution in [1.29, 1.82) is 0 Å². The highest BCUT2D eigenvalue weighted by molar-refractivity contribution is 7.09. The number of rotatable bonds is 5. The highest BCUT2D eigenvalue weighted by atomic mass is 32.1. The third-order valence-electron chi connectivity index (χ3n) is 4.68. The molecule has 0 N–H and O–H groups in total. The predicted octanol–water partition coefficient (Wildman–Crippen LogP) is 3.67. The molecule has 0 saturated carbocycles. The molecule has 23 heavy (non-hydrogen) atoms. The molecule has 0 spiro atoms. The van der Waals surface area contributed by atoms with Gasteiger partial charge in [0.05, 0.1) is 17.3 Å². The number of hydrogen-bond acceptors (Lipinski definition) is 4. The summed E-state index contributed by atoms with van der Waals surface area (Å²) in [6, 6.07) is 6.92. The first-order valence-electron chi connectivity index (χ1n) is 8.04. The molecule has 0 radical (unpaired) electrons. The van der Waals surface area contributed by atoms with Crippen LogP contribution in [0, 0.1) is 18.7 Å². The van der Waals surface area contributed by atoms with E-state index in [1.165, 1.54) is 10.9 Å². The Balaban J connectivity index is 1.61. The lowest BCUT2D eigenvalue weighted by Gasteiger charge is -2.37. The topological polar surface area (TPSA) is 25.4 Å². The summed E-state index contributed by atoms with van der Waals surface area (Å²) in [5.41, 5.74) is 4.10. The molecule has 0 aliphatic carbocycles. The maximum absolute atomic E-state index is 13.4. The lowest BCUT2D eigenvalue weighted by Crippen LogP contribution is -2.45. The van der Waals surface area contributed by atoms with Crippen LogP contribution in [0.25, 0.3) is 0 Å². The lowest BCUT2D eigenvalue weighted by molar-refractivity contribution is -0.0134. The summed E-state index contributed by atoms with van der Waals surface area (Å²) in [7, 11) is 1.78. The Morgan fingerprint density at radius 3 is 3.00 bits per heavy atom. The molecule has 1 aromatic carbocycles. The molecular formula is C18H23FN2OS. The average molecular weight is 334 g/mol. The average Bonchev–Trinajstić information content (AvgIpc) is 2.94. The van der Waals surface area contributed by atoms with Gasteiger partial charge in [-0.05, 0) is 49.9 Å². The predicted molar refractivity (Wildman–Crippen MR) is 91.1 cm³/mol. The molecular weight excluding hydrogens is 311 g/mol. The molecule has 124 valence electrons. The van der Waals surface area contributed by atoms with E-state index in [9.17, 15) is 4.39 Å². The number of aromatic nitrogens is 1. The number of benzene rings is 1. The molecule has 1 saturated heterocycles. The third kappa shape index (κ3) is 4.16. The zero-order valence-corrected chi connectivity index (χ0v) is 14.5. The first-order chi connectivity index (χ1) is 11.2. The minimum atomic E-state index is -0.158. The Hall–Kier alpha value is -1.30. The van der Waals surface area contributed by atoms with E-state index in [1.807, 2.05) is 11.6 Å². The zero-order chi connectivity index (χ0) is 16.2. The van der Waals surface area contributed by atoms with Crippen molar-refractivity contribution in [3.8, 4) is 0 Å². The van der Waals surface area contributed by atoms with Crippen LogP contribution in [0.15, 0.2) is 29.8 Å². The SMILES string of the molecule is CO[C@H]1CN(Cc2scnc2C)CC[C@@H]1Cc1cccc(F)c1.